The molecule has 1 unspecified atom stereocenters. The first kappa shape index (κ1) is 16.2. The number of hydrogen-bond donors (Lipinski definition) is 1. The lowest BCUT2D eigenvalue weighted by Gasteiger charge is -2.23. The summed E-state index contributed by atoms with van der Waals surface area (Å²) in [6, 6.07) is 6.77. The lowest BCUT2D eigenvalue weighted by Crippen LogP contribution is -2.36. The number of amides is 1. The van der Waals surface area contributed by atoms with E-state index in [1.165, 1.54) is 20.2 Å². The molecule has 126 valence electrons. The number of halogens is 1. The molecule has 0 saturated heterocycles. The number of nitrogens with two attached hydrogens (primary N) is 1. The summed E-state index contributed by atoms with van der Waals surface area (Å²) in [6.07, 6.45) is 0.990. The van der Waals surface area contributed by atoms with E-state index < -0.39 is 5.67 Å². The maximum atomic E-state index is 14.0. The Morgan fingerprint density at radius 3 is 2.58 bits per heavy atom. The maximum absolute atomic E-state index is 14.0. The second-order valence-electron chi connectivity index (χ2n) is 6.30. The van der Waals surface area contributed by atoms with E-state index in [1.807, 2.05) is 6.92 Å². The molecule has 3 rings (SSSR count). The van der Waals surface area contributed by atoms with Crippen molar-refractivity contribution in [3.05, 3.63) is 41.7 Å². The van der Waals surface area contributed by atoms with Crippen LogP contribution in [-0.4, -0.2) is 28.5 Å². The Bertz CT molecular complexity index is 771. The Labute approximate surface area is 139 Å². The van der Waals surface area contributed by atoms with Crippen molar-refractivity contribution in [2.24, 2.45) is 0 Å². The monoisotopic (exact) mass is 330 g/mol. The number of alkyl halides is 1. The molecule has 1 aliphatic rings. The van der Waals surface area contributed by atoms with Gasteiger partial charge in [0.25, 0.3) is 5.91 Å². The number of fused-ring (bicyclic) bond motifs is 1. The second kappa shape index (κ2) is 5.74. The van der Waals surface area contributed by atoms with Crippen molar-refractivity contribution < 1.29 is 13.9 Å². The molecule has 1 aromatic heterocycles. The van der Waals surface area contributed by atoms with Crippen LogP contribution in [0.4, 0.5) is 15.9 Å². The SMILES string of the molecule is CC1CN(c2ccc(C(C)(C)F)cc2)C(=O)c2c(N)ncnc2O1. The van der Waals surface area contributed by atoms with Crippen LogP contribution < -0.4 is 15.4 Å². The average molecular weight is 330 g/mol. The summed E-state index contributed by atoms with van der Waals surface area (Å²) >= 11 is 0. The number of aromatic nitrogens is 2. The molecule has 6 nitrogen and oxygen atoms in total. The van der Waals surface area contributed by atoms with E-state index in [2.05, 4.69) is 9.97 Å². The highest BCUT2D eigenvalue weighted by Crippen LogP contribution is 2.31. The second-order valence-corrected chi connectivity index (χ2v) is 6.30. The molecule has 2 heterocycles. The van der Waals surface area contributed by atoms with E-state index in [4.69, 9.17) is 10.5 Å². The van der Waals surface area contributed by atoms with E-state index >= 15 is 0 Å². The number of carbonyl (C=O) groups is 1. The highest BCUT2D eigenvalue weighted by Gasteiger charge is 2.31. The summed E-state index contributed by atoms with van der Waals surface area (Å²) in [5.41, 5.74) is 5.73. The number of anilines is 2. The molecule has 2 N–H and O–H groups in total. The van der Waals surface area contributed by atoms with Gasteiger partial charge in [-0.25, -0.2) is 14.4 Å². The predicted octanol–water partition coefficient (Wildman–Crippen LogP) is 2.69. The van der Waals surface area contributed by atoms with Crippen molar-refractivity contribution in [2.75, 3.05) is 17.2 Å². The minimum absolute atomic E-state index is 0.0746. The van der Waals surface area contributed by atoms with Crippen LogP contribution in [0.1, 0.15) is 36.7 Å². The molecule has 2 aromatic rings. The van der Waals surface area contributed by atoms with Crippen molar-refractivity contribution in [1.29, 1.82) is 0 Å². The molecule has 0 bridgehead atoms. The third kappa shape index (κ3) is 2.89. The van der Waals surface area contributed by atoms with E-state index in [0.29, 0.717) is 17.8 Å². The molecular formula is C17H19FN4O2. The number of nitrogen functional groups attached to an aromatic ring is 1. The van der Waals surface area contributed by atoms with Gasteiger partial charge in [-0.3, -0.25) is 4.79 Å². The first-order chi connectivity index (χ1) is 11.3. The average Bonchev–Trinajstić information content (AvgIpc) is 2.64. The molecule has 1 aliphatic heterocycles. The number of benzene rings is 1. The fourth-order valence-corrected chi connectivity index (χ4v) is 2.64. The number of hydrogen-bond acceptors (Lipinski definition) is 5. The highest BCUT2D eigenvalue weighted by molar-refractivity contribution is 6.10. The van der Waals surface area contributed by atoms with Crippen molar-refractivity contribution >= 4 is 17.4 Å². The summed E-state index contributed by atoms with van der Waals surface area (Å²) in [7, 11) is 0. The largest absolute Gasteiger partial charge is 0.472 e. The summed E-state index contributed by atoms with van der Waals surface area (Å²) in [4.78, 5) is 22.3. The quantitative estimate of drug-likeness (QED) is 0.915. The Balaban J connectivity index is 2.02. The Morgan fingerprint density at radius 2 is 1.96 bits per heavy atom. The van der Waals surface area contributed by atoms with Crippen molar-refractivity contribution in [2.45, 2.75) is 32.5 Å². The van der Waals surface area contributed by atoms with Crippen molar-refractivity contribution in [3.8, 4) is 5.88 Å². The fraction of sp³-hybridized carbons (Fsp3) is 0.353. The highest BCUT2D eigenvalue weighted by atomic mass is 19.1. The lowest BCUT2D eigenvalue weighted by atomic mass is 10.00. The standard InChI is InChI=1S/C17H19FN4O2/c1-10-8-22(12-6-4-11(5-7-12)17(2,3)18)16(23)13-14(19)20-9-21-15(13)24-10/h4-7,9-10H,8H2,1-3H3,(H2,19,20,21). The van der Waals surface area contributed by atoms with E-state index in [-0.39, 0.29) is 29.3 Å². The number of rotatable bonds is 2. The van der Waals surface area contributed by atoms with Crippen LogP contribution in [0.3, 0.4) is 0 Å². The zero-order valence-electron chi connectivity index (χ0n) is 13.8. The van der Waals surface area contributed by atoms with Gasteiger partial charge in [0.05, 0.1) is 6.54 Å². The topological polar surface area (TPSA) is 81.3 Å². The lowest BCUT2D eigenvalue weighted by molar-refractivity contribution is 0.0988. The van der Waals surface area contributed by atoms with Gasteiger partial charge in [0.1, 0.15) is 29.5 Å². The van der Waals surface area contributed by atoms with Crippen LogP contribution in [0.15, 0.2) is 30.6 Å². The zero-order valence-corrected chi connectivity index (χ0v) is 13.8. The zero-order chi connectivity index (χ0) is 17.5. The van der Waals surface area contributed by atoms with Gasteiger partial charge in [-0.05, 0) is 38.5 Å². The third-order valence-corrected chi connectivity index (χ3v) is 3.92. The van der Waals surface area contributed by atoms with Crippen molar-refractivity contribution in [3.63, 3.8) is 0 Å². The first-order valence-corrected chi connectivity index (χ1v) is 7.66. The Kier molecular flexibility index (Phi) is 3.87. The van der Waals surface area contributed by atoms with Gasteiger partial charge < -0.3 is 15.4 Å². The molecule has 1 aromatic carbocycles. The maximum Gasteiger partial charge on any atom is 0.267 e. The van der Waals surface area contributed by atoms with Crippen LogP contribution >= 0.6 is 0 Å². The van der Waals surface area contributed by atoms with Gasteiger partial charge in [0.15, 0.2) is 0 Å². The Morgan fingerprint density at radius 1 is 1.29 bits per heavy atom. The van der Waals surface area contributed by atoms with Crippen LogP contribution in [0, 0.1) is 0 Å². The fourth-order valence-electron chi connectivity index (χ4n) is 2.64. The number of ether oxygens (including phenoxy) is 1. The summed E-state index contributed by atoms with van der Waals surface area (Å²) in [5.74, 6) is -0.0747. The minimum Gasteiger partial charge on any atom is -0.472 e. The molecule has 0 saturated carbocycles. The Hall–Kier alpha value is -2.70. The summed E-state index contributed by atoms with van der Waals surface area (Å²) in [6.45, 7) is 5.15. The van der Waals surface area contributed by atoms with E-state index in [1.54, 1.807) is 29.2 Å². The molecular weight excluding hydrogens is 311 g/mol. The van der Waals surface area contributed by atoms with Crippen LogP contribution in [-0.2, 0) is 5.67 Å². The molecule has 0 spiro atoms. The molecule has 7 heteroatoms. The van der Waals surface area contributed by atoms with Gasteiger partial charge >= 0.3 is 0 Å². The van der Waals surface area contributed by atoms with Crippen LogP contribution in [0.5, 0.6) is 5.88 Å². The third-order valence-electron chi connectivity index (χ3n) is 3.92. The summed E-state index contributed by atoms with van der Waals surface area (Å²) in [5, 5.41) is 0. The molecule has 24 heavy (non-hydrogen) atoms. The molecule has 1 atom stereocenters. The van der Waals surface area contributed by atoms with Crippen molar-refractivity contribution in [1.82, 2.24) is 9.97 Å². The summed E-state index contributed by atoms with van der Waals surface area (Å²) < 4.78 is 19.7. The number of nitrogens with zero attached hydrogens (tertiary/aromatic N) is 3. The molecule has 0 radical (unpaired) electrons. The molecule has 1 amide bonds. The first-order valence-electron chi connectivity index (χ1n) is 7.66. The molecule has 0 aliphatic carbocycles. The molecule has 0 fully saturated rings. The predicted molar refractivity (Wildman–Crippen MR) is 88.8 cm³/mol. The van der Waals surface area contributed by atoms with Crippen LogP contribution in [0.25, 0.3) is 0 Å². The van der Waals surface area contributed by atoms with E-state index in [0.717, 1.165) is 0 Å². The number of carbonyl (C=O) groups excluding carboxylic acids is 1. The van der Waals surface area contributed by atoms with Crippen LogP contribution in [0.2, 0.25) is 0 Å². The van der Waals surface area contributed by atoms with Gasteiger partial charge in [-0.1, -0.05) is 12.1 Å². The van der Waals surface area contributed by atoms with Gasteiger partial charge in [0, 0.05) is 5.69 Å². The van der Waals surface area contributed by atoms with Gasteiger partial charge in [-0.2, -0.15) is 0 Å². The minimum atomic E-state index is -1.44. The van der Waals surface area contributed by atoms with Gasteiger partial charge in [-0.15, -0.1) is 0 Å². The van der Waals surface area contributed by atoms with Gasteiger partial charge in [0.2, 0.25) is 5.88 Å². The normalized spacial score (nSPS) is 17.9. The smallest absolute Gasteiger partial charge is 0.267 e. The van der Waals surface area contributed by atoms with E-state index in [9.17, 15) is 9.18 Å².